The van der Waals surface area contributed by atoms with Crippen LogP contribution in [-0.2, 0) is 6.18 Å². The van der Waals surface area contributed by atoms with Crippen molar-refractivity contribution in [1.82, 2.24) is 0 Å². The first kappa shape index (κ1) is 14.2. The molecule has 2 rings (SSSR count). The number of aliphatic imine (C=N–C) groups is 1. The summed E-state index contributed by atoms with van der Waals surface area (Å²) in [5.41, 5.74) is -1.08. The second kappa shape index (κ2) is 5.40. The van der Waals surface area contributed by atoms with E-state index < -0.39 is 17.6 Å². The second-order valence-electron chi connectivity index (χ2n) is 4.11. The molecule has 1 atom stereocenters. The molecule has 1 aromatic carbocycles. The van der Waals surface area contributed by atoms with Gasteiger partial charge in [-0.05, 0) is 24.6 Å². The predicted octanol–water partition coefficient (Wildman–Crippen LogP) is 4.14. The Hall–Kier alpha value is -1.24. The van der Waals surface area contributed by atoms with E-state index in [0.29, 0.717) is 17.0 Å². The first-order chi connectivity index (χ1) is 8.90. The Balaban J connectivity index is 2.14. The van der Waals surface area contributed by atoms with Crippen molar-refractivity contribution < 1.29 is 17.6 Å². The molecule has 0 aliphatic carbocycles. The molecule has 0 saturated carbocycles. The van der Waals surface area contributed by atoms with Crippen molar-refractivity contribution >= 4 is 22.6 Å². The molecule has 1 aliphatic rings. The van der Waals surface area contributed by atoms with Crippen molar-refractivity contribution in [2.45, 2.75) is 24.8 Å². The van der Waals surface area contributed by atoms with E-state index >= 15 is 0 Å². The van der Waals surface area contributed by atoms with Gasteiger partial charge >= 0.3 is 6.18 Å². The van der Waals surface area contributed by atoms with Crippen LogP contribution in [0, 0.1) is 5.82 Å². The lowest BCUT2D eigenvalue weighted by molar-refractivity contribution is -0.139. The molecule has 2 nitrogen and oxygen atoms in total. The van der Waals surface area contributed by atoms with Crippen molar-refractivity contribution in [2.75, 3.05) is 11.9 Å². The van der Waals surface area contributed by atoms with Crippen molar-refractivity contribution in [3.63, 3.8) is 0 Å². The Labute approximate surface area is 112 Å². The average Bonchev–Trinajstić information content (AvgIpc) is 2.78. The van der Waals surface area contributed by atoms with E-state index in [2.05, 4.69) is 10.3 Å². The summed E-state index contributed by atoms with van der Waals surface area (Å²) in [6.07, 6.45) is -3.76. The minimum Gasteiger partial charge on any atom is -0.335 e. The maximum atomic E-state index is 13.1. The Bertz CT molecular complexity index is 499. The van der Waals surface area contributed by atoms with Gasteiger partial charge in [0.1, 0.15) is 5.82 Å². The summed E-state index contributed by atoms with van der Waals surface area (Å²) in [4.78, 5) is 4.19. The van der Waals surface area contributed by atoms with Gasteiger partial charge in [0.15, 0.2) is 5.17 Å². The summed E-state index contributed by atoms with van der Waals surface area (Å²) in [5, 5.41) is 3.72. The number of alkyl halides is 3. The molecule has 19 heavy (non-hydrogen) atoms. The number of hydrogen-bond acceptors (Lipinski definition) is 3. The van der Waals surface area contributed by atoms with Crippen LogP contribution in [0.5, 0.6) is 0 Å². The van der Waals surface area contributed by atoms with E-state index in [9.17, 15) is 17.6 Å². The zero-order valence-electron chi connectivity index (χ0n) is 10.1. The summed E-state index contributed by atoms with van der Waals surface area (Å²) in [6.45, 7) is 2.67. The van der Waals surface area contributed by atoms with Gasteiger partial charge in [-0.15, -0.1) is 0 Å². The van der Waals surface area contributed by atoms with Crippen LogP contribution >= 0.6 is 11.8 Å². The van der Waals surface area contributed by atoms with Gasteiger partial charge in [0.05, 0.1) is 12.1 Å². The van der Waals surface area contributed by atoms with E-state index in [1.165, 1.54) is 17.8 Å². The van der Waals surface area contributed by atoms with Gasteiger partial charge in [0.25, 0.3) is 0 Å². The number of rotatable bonds is 2. The summed E-state index contributed by atoms with van der Waals surface area (Å²) >= 11 is 1.49. The standard InChI is InChI=1S/C12H12F4N2S/c1-2-8-6-17-11(19-8)18-7-3-4-10(13)9(5-7)12(14,15)16/h3-5,8H,2,6H2,1H3,(H,17,18). The highest BCUT2D eigenvalue weighted by atomic mass is 32.2. The topological polar surface area (TPSA) is 24.4 Å². The van der Waals surface area contributed by atoms with Crippen molar-refractivity contribution in [1.29, 1.82) is 0 Å². The van der Waals surface area contributed by atoms with Gasteiger partial charge in [-0.25, -0.2) is 4.39 Å². The molecule has 0 aromatic heterocycles. The predicted molar refractivity (Wildman–Crippen MR) is 69.0 cm³/mol. The Morgan fingerprint density at radius 3 is 2.74 bits per heavy atom. The van der Waals surface area contributed by atoms with Gasteiger partial charge in [-0.3, -0.25) is 4.99 Å². The fraction of sp³-hybridized carbons (Fsp3) is 0.417. The lowest BCUT2D eigenvalue weighted by Gasteiger charge is -2.11. The van der Waals surface area contributed by atoms with Gasteiger partial charge < -0.3 is 5.32 Å². The maximum Gasteiger partial charge on any atom is 0.419 e. The molecule has 0 spiro atoms. The zero-order chi connectivity index (χ0) is 14.0. The molecule has 0 fully saturated rings. The van der Waals surface area contributed by atoms with Crippen LogP contribution in [0.2, 0.25) is 0 Å². The smallest absolute Gasteiger partial charge is 0.335 e. The number of nitrogens with zero attached hydrogens (tertiary/aromatic N) is 1. The van der Waals surface area contributed by atoms with Crippen LogP contribution in [0.25, 0.3) is 0 Å². The highest BCUT2D eigenvalue weighted by molar-refractivity contribution is 8.15. The van der Waals surface area contributed by atoms with E-state index in [-0.39, 0.29) is 5.69 Å². The third kappa shape index (κ3) is 3.40. The number of halogens is 4. The van der Waals surface area contributed by atoms with Crippen molar-refractivity contribution in [3.05, 3.63) is 29.6 Å². The Morgan fingerprint density at radius 2 is 2.16 bits per heavy atom. The normalized spacial score (nSPS) is 19.4. The zero-order valence-corrected chi connectivity index (χ0v) is 10.9. The molecule has 0 bridgehead atoms. The lowest BCUT2D eigenvalue weighted by atomic mass is 10.2. The van der Waals surface area contributed by atoms with Crippen LogP contribution in [0.3, 0.4) is 0 Å². The molecule has 1 N–H and O–H groups in total. The Morgan fingerprint density at radius 1 is 1.42 bits per heavy atom. The summed E-state index contributed by atoms with van der Waals surface area (Å²) < 4.78 is 50.8. The lowest BCUT2D eigenvalue weighted by Crippen LogP contribution is -2.11. The maximum absolute atomic E-state index is 13.1. The largest absolute Gasteiger partial charge is 0.419 e. The van der Waals surface area contributed by atoms with Crippen LogP contribution in [-0.4, -0.2) is 17.0 Å². The van der Waals surface area contributed by atoms with E-state index in [1.807, 2.05) is 6.92 Å². The van der Waals surface area contributed by atoms with Gasteiger partial charge in [0, 0.05) is 10.9 Å². The molecule has 7 heteroatoms. The molecule has 1 aromatic rings. The van der Waals surface area contributed by atoms with E-state index in [0.717, 1.165) is 18.6 Å². The molecule has 1 unspecified atom stereocenters. The van der Waals surface area contributed by atoms with Gasteiger partial charge in [-0.1, -0.05) is 18.7 Å². The number of anilines is 1. The molecular weight excluding hydrogens is 280 g/mol. The van der Waals surface area contributed by atoms with Crippen LogP contribution in [0.15, 0.2) is 23.2 Å². The van der Waals surface area contributed by atoms with E-state index in [1.54, 1.807) is 0 Å². The summed E-state index contributed by atoms with van der Waals surface area (Å²) in [7, 11) is 0. The molecular formula is C12H12F4N2S. The number of nitrogens with one attached hydrogen (secondary N) is 1. The average molecular weight is 292 g/mol. The van der Waals surface area contributed by atoms with Crippen LogP contribution in [0.1, 0.15) is 18.9 Å². The second-order valence-corrected chi connectivity index (χ2v) is 5.40. The van der Waals surface area contributed by atoms with Crippen LogP contribution in [0.4, 0.5) is 23.2 Å². The quantitative estimate of drug-likeness (QED) is 0.829. The molecule has 1 heterocycles. The highest BCUT2D eigenvalue weighted by Gasteiger charge is 2.34. The molecule has 104 valence electrons. The first-order valence-corrected chi connectivity index (χ1v) is 6.63. The fourth-order valence-electron chi connectivity index (χ4n) is 1.64. The summed E-state index contributed by atoms with van der Waals surface area (Å²) in [5.74, 6) is -1.27. The SMILES string of the molecule is CCC1CN=C(Nc2ccc(F)c(C(F)(F)F)c2)S1. The number of hydrogen-bond donors (Lipinski definition) is 1. The monoisotopic (exact) mass is 292 g/mol. The van der Waals surface area contributed by atoms with Gasteiger partial charge in [0.2, 0.25) is 0 Å². The number of benzene rings is 1. The summed E-state index contributed by atoms with van der Waals surface area (Å²) in [6, 6.07) is 2.84. The number of thioether (sulfide) groups is 1. The number of amidine groups is 1. The minimum absolute atomic E-state index is 0.191. The first-order valence-electron chi connectivity index (χ1n) is 5.75. The minimum atomic E-state index is -4.70. The third-order valence-corrected chi connectivity index (χ3v) is 3.97. The molecule has 0 amide bonds. The van der Waals surface area contributed by atoms with E-state index in [4.69, 9.17) is 0 Å². The van der Waals surface area contributed by atoms with Crippen LogP contribution < -0.4 is 5.32 Å². The highest BCUT2D eigenvalue weighted by Crippen LogP contribution is 2.33. The fourth-order valence-corrected chi connectivity index (χ4v) is 2.60. The van der Waals surface area contributed by atoms with Crippen molar-refractivity contribution in [2.24, 2.45) is 4.99 Å². The molecule has 0 radical (unpaired) electrons. The third-order valence-electron chi connectivity index (χ3n) is 2.70. The molecule has 1 aliphatic heterocycles. The van der Waals surface area contributed by atoms with Crippen molar-refractivity contribution in [3.8, 4) is 0 Å². The molecule has 0 saturated heterocycles. The Kier molecular flexibility index (Phi) is 4.03. The van der Waals surface area contributed by atoms with Gasteiger partial charge in [-0.2, -0.15) is 13.2 Å².